The third kappa shape index (κ3) is 4.21. The van der Waals surface area contributed by atoms with Crippen molar-refractivity contribution in [2.75, 3.05) is 19.6 Å². The van der Waals surface area contributed by atoms with E-state index in [-0.39, 0.29) is 11.9 Å². The quantitative estimate of drug-likeness (QED) is 0.598. The Balaban J connectivity index is 1.52. The van der Waals surface area contributed by atoms with E-state index in [1.54, 1.807) is 12.1 Å². The lowest BCUT2D eigenvalue weighted by Gasteiger charge is -2.35. The number of piperidine rings is 1. The number of furan rings is 2. The van der Waals surface area contributed by atoms with Crippen LogP contribution in [0.3, 0.4) is 0 Å². The van der Waals surface area contributed by atoms with Crippen LogP contribution in [-0.2, 0) is 0 Å². The molecular formula is C23H27ClN2O3. The van der Waals surface area contributed by atoms with Crippen molar-refractivity contribution in [2.24, 2.45) is 5.92 Å². The Kier molecular flexibility index (Phi) is 5.70. The molecule has 0 radical (unpaired) electrons. The molecule has 2 aromatic heterocycles. The summed E-state index contributed by atoms with van der Waals surface area (Å²) in [5.74, 6) is 2.64. The SMILES string of the molecule is Cc1ccc([C@@H](CNC(=O)c2oc3ccc(Cl)cc3c2C)N2CCC(C)CC2)o1. The molecule has 29 heavy (non-hydrogen) atoms. The van der Waals surface area contributed by atoms with Gasteiger partial charge in [-0.25, -0.2) is 0 Å². The molecule has 154 valence electrons. The van der Waals surface area contributed by atoms with E-state index in [0.717, 1.165) is 54.3 Å². The van der Waals surface area contributed by atoms with Crippen LogP contribution in [0.15, 0.2) is 39.2 Å². The summed E-state index contributed by atoms with van der Waals surface area (Å²) in [6.07, 6.45) is 2.32. The molecular weight excluding hydrogens is 388 g/mol. The predicted molar refractivity (Wildman–Crippen MR) is 114 cm³/mol. The molecule has 0 bridgehead atoms. The van der Waals surface area contributed by atoms with Gasteiger partial charge in [0, 0.05) is 22.5 Å². The van der Waals surface area contributed by atoms with Gasteiger partial charge in [0.15, 0.2) is 5.76 Å². The molecule has 6 heteroatoms. The smallest absolute Gasteiger partial charge is 0.287 e. The van der Waals surface area contributed by atoms with Crippen molar-refractivity contribution in [1.29, 1.82) is 0 Å². The third-order valence-corrected chi connectivity index (χ3v) is 6.14. The first-order valence-corrected chi connectivity index (χ1v) is 10.6. The van der Waals surface area contributed by atoms with Crippen LogP contribution in [0, 0.1) is 19.8 Å². The van der Waals surface area contributed by atoms with Gasteiger partial charge in [-0.15, -0.1) is 0 Å². The van der Waals surface area contributed by atoms with Crippen molar-refractivity contribution in [3.8, 4) is 0 Å². The van der Waals surface area contributed by atoms with Crippen LogP contribution in [-0.4, -0.2) is 30.4 Å². The Labute approximate surface area is 176 Å². The minimum Gasteiger partial charge on any atom is -0.465 e. The number of halogens is 1. The number of nitrogens with zero attached hydrogens (tertiary/aromatic N) is 1. The number of amides is 1. The molecule has 1 saturated heterocycles. The zero-order chi connectivity index (χ0) is 20.5. The van der Waals surface area contributed by atoms with Crippen molar-refractivity contribution in [3.63, 3.8) is 0 Å². The van der Waals surface area contributed by atoms with Crippen LogP contribution in [0.2, 0.25) is 5.02 Å². The summed E-state index contributed by atoms with van der Waals surface area (Å²) in [7, 11) is 0. The summed E-state index contributed by atoms with van der Waals surface area (Å²) in [6.45, 7) is 8.60. The van der Waals surface area contributed by atoms with Crippen molar-refractivity contribution in [2.45, 2.75) is 39.7 Å². The molecule has 1 aliphatic heterocycles. The molecule has 1 amide bonds. The van der Waals surface area contributed by atoms with Gasteiger partial charge in [-0.3, -0.25) is 9.69 Å². The molecule has 4 rings (SSSR count). The number of hydrogen-bond acceptors (Lipinski definition) is 4. The van der Waals surface area contributed by atoms with Crippen LogP contribution in [0.1, 0.15) is 53.4 Å². The first-order chi connectivity index (χ1) is 13.9. The highest BCUT2D eigenvalue weighted by molar-refractivity contribution is 6.31. The highest BCUT2D eigenvalue weighted by atomic mass is 35.5. The van der Waals surface area contributed by atoms with Crippen molar-refractivity contribution >= 4 is 28.5 Å². The van der Waals surface area contributed by atoms with Gasteiger partial charge in [0.25, 0.3) is 5.91 Å². The lowest BCUT2D eigenvalue weighted by atomic mass is 9.97. The van der Waals surface area contributed by atoms with E-state index in [1.165, 1.54) is 0 Å². The topological polar surface area (TPSA) is 58.6 Å². The lowest BCUT2D eigenvalue weighted by Crippen LogP contribution is -2.41. The van der Waals surface area contributed by atoms with Crippen molar-refractivity contribution in [3.05, 3.63) is 58.2 Å². The summed E-state index contributed by atoms with van der Waals surface area (Å²) in [6, 6.07) is 9.39. The monoisotopic (exact) mass is 414 g/mol. The number of rotatable bonds is 5. The van der Waals surface area contributed by atoms with E-state index < -0.39 is 0 Å². The standard InChI is InChI=1S/C23H27ClN2O3/c1-14-8-10-26(11-9-14)19(21-6-4-15(2)28-21)13-25-23(27)22-16(3)18-12-17(24)5-7-20(18)29-22/h4-7,12,14,19H,8-11,13H2,1-3H3,(H,25,27)/t19-/m1/s1. The van der Waals surface area contributed by atoms with Gasteiger partial charge >= 0.3 is 0 Å². The number of likely N-dealkylation sites (tertiary alicyclic amines) is 1. The first kappa shape index (κ1) is 20.0. The molecule has 1 aliphatic rings. The van der Waals surface area contributed by atoms with E-state index in [4.69, 9.17) is 20.4 Å². The van der Waals surface area contributed by atoms with E-state index in [9.17, 15) is 4.79 Å². The van der Waals surface area contributed by atoms with E-state index in [1.807, 2.05) is 32.0 Å². The zero-order valence-electron chi connectivity index (χ0n) is 17.1. The van der Waals surface area contributed by atoms with Crippen LogP contribution in [0.4, 0.5) is 0 Å². The molecule has 0 saturated carbocycles. The summed E-state index contributed by atoms with van der Waals surface area (Å²) in [4.78, 5) is 15.3. The van der Waals surface area contributed by atoms with E-state index in [0.29, 0.717) is 22.9 Å². The summed E-state index contributed by atoms with van der Waals surface area (Å²) in [5, 5.41) is 4.56. The molecule has 0 unspecified atom stereocenters. The molecule has 1 aromatic carbocycles. The number of hydrogen-bond donors (Lipinski definition) is 1. The second-order valence-electron chi connectivity index (χ2n) is 8.09. The minimum atomic E-state index is -0.214. The Bertz CT molecular complexity index is 1010. The lowest BCUT2D eigenvalue weighted by molar-refractivity contribution is 0.0871. The van der Waals surface area contributed by atoms with Gasteiger partial charge in [0.2, 0.25) is 0 Å². The highest BCUT2D eigenvalue weighted by Crippen LogP contribution is 2.29. The Morgan fingerprint density at radius 2 is 1.97 bits per heavy atom. The first-order valence-electron chi connectivity index (χ1n) is 10.2. The van der Waals surface area contributed by atoms with Crippen LogP contribution in [0.25, 0.3) is 11.0 Å². The van der Waals surface area contributed by atoms with Gasteiger partial charge in [-0.05, 0) is 76.0 Å². The van der Waals surface area contributed by atoms with Gasteiger partial charge < -0.3 is 14.2 Å². The van der Waals surface area contributed by atoms with Crippen LogP contribution in [0.5, 0.6) is 0 Å². The Morgan fingerprint density at radius 1 is 1.21 bits per heavy atom. The number of carbonyl (C=O) groups excluding carboxylic acids is 1. The fourth-order valence-electron chi connectivity index (χ4n) is 4.06. The number of benzene rings is 1. The summed E-state index contributed by atoms with van der Waals surface area (Å²) >= 11 is 6.09. The highest BCUT2D eigenvalue weighted by Gasteiger charge is 2.28. The maximum Gasteiger partial charge on any atom is 0.287 e. The Morgan fingerprint density at radius 3 is 2.66 bits per heavy atom. The van der Waals surface area contributed by atoms with Crippen molar-refractivity contribution in [1.82, 2.24) is 10.2 Å². The predicted octanol–water partition coefficient (Wildman–Crippen LogP) is 5.50. The largest absolute Gasteiger partial charge is 0.465 e. The number of carbonyl (C=O) groups is 1. The number of fused-ring (bicyclic) bond motifs is 1. The van der Waals surface area contributed by atoms with Gasteiger partial charge in [-0.2, -0.15) is 0 Å². The zero-order valence-corrected chi connectivity index (χ0v) is 17.9. The molecule has 5 nitrogen and oxygen atoms in total. The molecule has 3 heterocycles. The molecule has 0 aliphatic carbocycles. The fraction of sp³-hybridized carbons (Fsp3) is 0.435. The second kappa shape index (κ2) is 8.25. The summed E-state index contributed by atoms with van der Waals surface area (Å²) < 4.78 is 11.7. The molecule has 1 fully saturated rings. The van der Waals surface area contributed by atoms with Crippen LogP contribution < -0.4 is 5.32 Å². The molecule has 1 atom stereocenters. The average Bonchev–Trinajstić information content (AvgIpc) is 3.27. The number of aryl methyl sites for hydroxylation is 2. The minimum absolute atomic E-state index is 0.0132. The van der Waals surface area contributed by atoms with Gasteiger partial charge in [0.1, 0.15) is 17.1 Å². The average molecular weight is 415 g/mol. The third-order valence-electron chi connectivity index (χ3n) is 5.91. The second-order valence-corrected chi connectivity index (χ2v) is 8.53. The molecule has 1 N–H and O–H groups in total. The van der Waals surface area contributed by atoms with Crippen molar-refractivity contribution < 1.29 is 13.6 Å². The van der Waals surface area contributed by atoms with Crippen LogP contribution >= 0.6 is 11.6 Å². The normalized spacial score (nSPS) is 17.0. The summed E-state index contributed by atoms with van der Waals surface area (Å²) in [5.41, 5.74) is 1.47. The maximum atomic E-state index is 12.9. The Hall–Kier alpha value is -2.24. The fourth-order valence-corrected chi connectivity index (χ4v) is 4.23. The van der Waals surface area contributed by atoms with E-state index in [2.05, 4.69) is 17.1 Å². The molecule has 0 spiro atoms. The van der Waals surface area contributed by atoms with E-state index >= 15 is 0 Å². The number of nitrogens with one attached hydrogen (secondary N) is 1. The maximum absolute atomic E-state index is 12.9. The molecule has 3 aromatic rings. The van der Waals surface area contributed by atoms with Gasteiger partial charge in [-0.1, -0.05) is 18.5 Å². The van der Waals surface area contributed by atoms with Gasteiger partial charge in [0.05, 0.1) is 6.04 Å².